The third kappa shape index (κ3) is 6.12. The largest absolute Gasteiger partial charge is 0.351 e. The fourth-order valence-electron chi connectivity index (χ4n) is 4.11. The van der Waals surface area contributed by atoms with Gasteiger partial charge in [0.2, 0.25) is 10.0 Å². The summed E-state index contributed by atoms with van der Waals surface area (Å²) in [4.78, 5) is 40.4. The van der Waals surface area contributed by atoms with Crippen molar-refractivity contribution in [3.8, 4) is 0 Å². The van der Waals surface area contributed by atoms with Gasteiger partial charge in [0, 0.05) is 36.6 Å². The molecule has 0 bridgehead atoms. The molecule has 0 unspecified atom stereocenters. The Kier molecular flexibility index (Phi) is 9.23. The highest BCUT2D eigenvalue weighted by Crippen LogP contribution is 2.37. The van der Waals surface area contributed by atoms with Crippen LogP contribution >= 0.6 is 11.3 Å². The molecule has 196 valence electrons. The lowest BCUT2D eigenvalue weighted by Crippen LogP contribution is -2.36. The first-order valence-corrected chi connectivity index (χ1v) is 14.3. The van der Waals surface area contributed by atoms with Gasteiger partial charge in [-0.3, -0.25) is 19.8 Å². The van der Waals surface area contributed by atoms with E-state index < -0.39 is 27.9 Å². The molecular formula is C24H33N5O5S2. The van der Waals surface area contributed by atoms with Gasteiger partial charge < -0.3 is 11.1 Å². The lowest BCUT2D eigenvalue weighted by atomic mass is 10.0. The van der Waals surface area contributed by atoms with E-state index in [-0.39, 0.29) is 16.0 Å². The molecule has 4 N–H and O–H groups in total. The minimum atomic E-state index is -3.66. The van der Waals surface area contributed by atoms with Gasteiger partial charge in [-0.2, -0.15) is 4.31 Å². The standard InChI is InChI=1S/C24H33N5O5S2/c1-4-7-13-29(6-3)36(33,34)17-10-8-16(9-11-17)21(30)26-23-20(22(31)27-24(25)32)18-12-14-28(5-2)15-19(18)35-23/h8-11H,4-7,12-15H2,1-3H3,(H,26,30)(H3,25,27,31,32). The van der Waals surface area contributed by atoms with E-state index in [1.807, 2.05) is 6.92 Å². The van der Waals surface area contributed by atoms with Crippen LogP contribution in [0.2, 0.25) is 0 Å². The van der Waals surface area contributed by atoms with Crippen molar-refractivity contribution in [3.05, 3.63) is 45.8 Å². The molecule has 2 heterocycles. The van der Waals surface area contributed by atoms with Crippen molar-refractivity contribution in [2.75, 3.05) is 31.5 Å². The molecule has 1 aromatic heterocycles. The molecule has 1 aliphatic heterocycles. The SMILES string of the molecule is CCCCN(CC)S(=O)(=O)c1ccc(C(=O)Nc2sc3c(c2C(=O)NC(N)=O)CCN(CC)C3)cc1. The Bertz CT molecular complexity index is 1220. The maximum atomic E-state index is 13.0. The third-order valence-corrected chi connectivity index (χ3v) is 9.26. The first-order chi connectivity index (χ1) is 17.1. The fraction of sp³-hybridized carbons (Fsp3) is 0.458. The molecule has 12 heteroatoms. The number of rotatable bonds is 10. The molecule has 4 amide bonds. The van der Waals surface area contributed by atoms with Crippen molar-refractivity contribution in [2.24, 2.45) is 5.73 Å². The summed E-state index contributed by atoms with van der Waals surface area (Å²) >= 11 is 1.29. The molecule has 0 radical (unpaired) electrons. The molecule has 0 fully saturated rings. The summed E-state index contributed by atoms with van der Waals surface area (Å²) < 4.78 is 27.3. The van der Waals surface area contributed by atoms with E-state index in [0.717, 1.165) is 36.4 Å². The maximum absolute atomic E-state index is 13.0. The Balaban J connectivity index is 1.85. The zero-order valence-electron chi connectivity index (χ0n) is 20.8. The summed E-state index contributed by atoms with van der Waals surface area (Å²) in [5.41, 5.74) is 6.44. The Hall–Kier alpha value is -2.80. The number of nitrogens with two attached hydrogens (primary N) is 1. The monoisotopic (exact) mass is 535 g/mol. The van der Waals surface area contributed by atoms with E-state index in [4.69, 9.17) is 5.73 Å². The highest BCUT2D eigenvalue weighted by Gasteiger charge is 2.29. The highest BCUT2D eigenvalue weighted by molar-refractivity contribution is 7.89. The molecule has 0 atom stereocenters. The van der Waals surface area contributed by atoms with Crippen LogP contribution in [0, 0.1) is 0 Å². The molecule has 10 nitrogen and oxygen atoms in total. The minimum Gasteiger partial charge on any atom is -0.351 e. The topological polar surface area (TPSA) is 142 Å². The van der Waals surface area contributed by atoms with Crippen LogP contribution in [-0.4, -0.2) is 61.6 Å². The summed E-state index contributed by atoms with van der Waals surface area (Å²) in [5.74, 6) is -1.15. The number of thiophene rings is 1. The van der Waals surface area contributed by atoms with Gasteiger partial charge in [-0.15, -0.1) is 11.3 Å². The number of nitrogens with zero attached hydrogens (tertiary/aromatic N) is 2. The third-order valence-electron chi connectivity index (χ3n) is 6.14. The number of primary amides is 1. The van der Waals surface area contributed by atoms with Crippen LogP contribution in [0.3, 0.4) is 0 Å². The number of sulfonamides is 1. The Morgan fingerprint density at radius 2 is 1.81 bits per heavy atom. The van der Waals surface area contributed by atoms with Gasteiger partial charge >= 0.3 is 6.03 Å². The van der Waals surface area contributed by atoms with Gasteiger partial charge in [0.05, 0.1) is 10.5 Å². The Morgan fingerprint density at radius 3 is 2.39 bits per heavy atom. The Labute approximate surface area is 215 Å². The molecule has 36 heavy (non-hydrogen) atoms. The molecule has 0 aliphatic carbocycles. The molecule has 2 aromatic rings. The molecule has 1 aliphatic rings. The second kappa shape index (κ2) is 12.0. The van der Waals surface area contributed by atoms with Crippen molar-refractivity contribution in [1.82, 2.24) is 14.5 Å². The van der Waals surface area contributed by atoms with Crippen molar-refractivity contribution >= 4 is 44.2 Å². The van der Waals surface area contributed by atoms with Crippen molar-refractivity contribution in [3.63, 3.8) is 0 Å². The van der Waals surface area contributed by atoms with Crippen LogP contribution in [0.1, 0.15) is 64.8 Å². The van der Waals surface area contributed by atoms with Crippen LogP contribution in [0.4, 0.5) is 9.80 Å². The normalized spacial score (nSPS) is 13.9. The zero-order chi connectivity index (χ0) is 26.5. The number of carbonyl (C=O) groups is 3. The lowest BCUT2D eigenvalue weighted by Gasteiger charge is -2.25. The number of imide groups is 1. The predicted octanol–water partition coefficient (Wildman–Crippen LogP) is 3.00. The number of likely N-dealkylation sites (N-methyl/N-ethyl adjacent to an activating group) is 1. The average Bonchev–Trinajstić information content (AvgIpc) is 3.20. The van der Waals surface area contributed by atoms with Crippen molar-refractivity contribution < 1.29 is 22.8 Å². The number of hydrogen-bond donors (Lipinski definition) is 3. The second-order valence-corrected chi connectivity index (χ2v) is 11.5. The van der Waals surface area contributed by atoms with E-state index >= 15 is 0 Å². The van der Waals surface area contributed by atoms with E-state index in [0.29, 0.717) is 31.1 Å². The molecular weight excluding hydrogens is 502 g/mol. The number of amides is 4. The molecule has 3 rings (SSSR count). The molecule has 0 saturated heterocycles. The number of hydrogen-bond acceptors (Lipinski definition) is 7. The Morgan fingerprint density at radius 1 is 1.11 bits per heavy atom. The number of urea groups is 1. The van der Waals surface area contributed by atoms with Crippen molar-refractivity contribution in [2.45, 2.75) is 51.5 Å². The predicted molar refractivity (Wildman–Crippen MR) is 140 cm³/mol. The fourth-order valence-corrected chi connectivity index (χ4v) is 6.88. The van der Waals surface area contributed by atoms with Gasteiger partial charge in [0.15, 0.2) is 0 Å². The first-order valence-electron chi connectivity index (χ1n) is 12.0. The minimum absolute atomic E-state index is 0.116. The lowest BCUT2D eigenvalue weighted by molar-refractivity contribution is 0.0965. The summed E-state index contributed by atoms with van der Waals surface area (Å²) in [5, 5.41) is 5.21. The van der Waals surface area contributed by atoms with Crippen LogP contribution < -0.4 is 16.4 Å². The van der Waals surface area contributed by atoms with Crippen LogP contribution in [0.25, 0.3) is 0 Å². The van der Waals surface area contributed by atoms with E-state index in [1.165, 1.54) is 39.9 Å². The average molecular weight is 536 g/mol. The van der Waals surface area contributed by atoms with Crippen molar-refractivity contribution in [1.29, 1.82) is 0 Å². The summed E-state index contributed by atoms with van der Waals surface area (Å²) in [6, 6.07) is 4.76. The van der Waals surface area contributed by atoms with E-state index in [2.05, 4.69) is 22.5 Å². The first kappa shape index (κ1) is 27.8. The van der Waals surface area contributed by atoms with Crippen LogP contribution in [-0.2, 0) is 23.0 Å². The van der Waals surface area contributed by atoms with Gasteiger partial charge in [0.25, 0.3) is 11.8 Å². The van der Waals surface area contributed by atoms with Crippen LogP contribution in [0.5, 0.6) is 0 Å². The smallest absolute Gasteiger partial charge is 0.319 e. The number of carbonyl (C=O) groups excluding carboxylic acids is 3. The van der Waals surface area contributed by atoms with E-state index in [9.17, 15) is 22.8 Å². The quantitative estimate of drug-likeness (QED) is 0.427. The van der Waals surface area contributed by atoms with Gasteiger partial charge in [-0.25, -0.2) is 13.2 Å². The second-order valence-electron chi connectivity index (χ2n) is 8.47. The molecule has 0 spiro atoms. The molecule has 1 aromatic carbocycles. The van der Waals surface area contributed by atoms with Crippen LogP contribution in [0.15, 0.2) is 29.2 Å². The van der Waals surface area contributed by atoms with Gasteiger partial charge in [-0.05, 0) is 49.2 Å². The summed E-state index contributed by atoms with van der Waals surface area (Å²) in [6.07, 6.45) is 2.25. The maximum Gasteiger partial charge on any atom is 0.319 e. The number of fused-ring (bicyclic) bond motifs is 1. The summed E-state index contributed by atoms with van der Waals surface area (Å²) in [6.45, 7) is 8.89. The number of unbranched alkanes of at least 4 members (excludes halogenated alkanes) is 1. The van der Waals surface area contributed by atoms with E-state index in [1.54, 1.807) is 6.92 Å². The number of anilines is 1. The summed E-state index contributed by atoms with van der Waals surface area (Å²) in [7, 11) is -3.66. The number of benzene rings is 1. The van der Waals surface area contributed by atoms with Gasteiger partial charge in [0.1, 0.15) is 5.00 Å². The highest BCUT2D eigenvalue weighted by atomic mass is 32.2. The zero-order valence-corrected chi connectivity index (χ0v) is 22.4. The molecule has 0 saturated carbocycles. The van der Waals surface area contributed by atoms with Gasteiger partial charge in [-0.1, -0.05) is 27.2 Å². The number of nitrogens with one attached hydrogen (secondary N) is 2.